The molecule has 0 saturated heterocycles. The number of rotatable bonds is 1. The zero-order valence-electron chi connectivity index (χ0n) is 7.62. The molecule has 1 aliphatic heterocycles. The van der Waals surface area contributed by atoms with Crippen molar-refractivity contribution >= 4 is 17.9 Å². The molecule has 1 heterocycles. The van der Waals surface area contributed by atoms with Gasteiger partial charge in [0.2, 0.25) is 0 Å². The minimum atomic E-state index is 0.0145. The van der Waals surface area contributed by atoms with Gasteiger partial charge in [-0.2, -0.15) is 0 Å². The summed E-state index contributed by atoms with van der Waals surface area (Å²) in [6.45, 7) is 2.40. The minimum Gasteiger partial charge on any atom is -0.486 e. The predicted octanol–water partition coefficient (Wildman–Crippen LogP) is 2.31. The molecule has 74 valence electrons. The van der Waals surface area contributed by atoms with Gasteiger partial charge in [-0.1, -0.05) is 11.6 Å². The average molecular weight is 213 g/mol. The molecule has 1 atom stereocenters. The normalized spacial score (nSPS) is 19.1. The summed E-state index contributed by atoms with van der Waals surface area (Å²) < 4.78 is 10.9. The number of carbonyl (C=O) groups is 1. The second-order valence-electron chi connectivity index (χ2n) is 3.18. The van der Waals surface area contributed by atoms with E-state index in [9.17, 15) is 4.79 Å². The summed E-state index contributed by atoms with van der Waals surface area (Å²) >= 11 is 5.84. The Labute approximate surface area is 86.6 Å². The SMILES string of the molecule is CC1COc2cc(C=O)c(Cl)cc2O1. The highest BCUT2D eigenvalue weighted by atomic mass is 35.5. The third-order valence-electron chi connectivity index (χ3n) is 1.99. The second kappa shape index (κ2) is 3.50. The average Bonchev–Trinajstić information content (AvgIpc) is 2.16. The predicted molar refractivity (Wildman–Crippen MR) is 52.4 cm³/mol. The Kier molecular flexibility index (Phi) is 2.33. The maximum Gasteiger partial charge on any atom is 0.163 e. The van der Waals surface area contributed by atoms with E-state index in [2.05, 4.69) is 0 Å². The van der Waals surface area contributed by atoms with Crippen LogP contribution in [0.4, 0.5) is 0 Å². The lowest BCUT2D eigenvalue weighted by molar-refractivity contribution is 0.103. The standard InChI is InChI=1S/C10H9ClO3/c1-6-5-13-9-2-7(4-12)8(11)3-10(9)14-6/h2-4,6H,5H2,1H3. The lowest BCUT2D eigenvalue weighted by Crippen LogP contribution is -2.25. The van der Waals surface area contributed by atoms with Crippen LogP contribution in [0.15, 0.2) is 12.1 Å². The number of aldehydes is 1. The van der Waals surface area contributed by atoms with Gasteiger partial charge in [0.05, 0.1) is 5.02 Å². The summed E-state index contributed by atoms with van der Waals surface area (Å²) in [6, 6.07) is 3.20. The van der Waals surface area contributed by atoms with E-state index in [1.165, 1.54) is 0 Å². The first kappa shape index (κ1) is 9.34. The summed E-state index contributed by atoms with van der Waals surface area (Å²) in [6.07, 6.45) is 0.713. The molecule has 1 aromatic rings. The highest BCUT2D eigenvalue weighted by molar-refractivity contribution is 6.33. The molecular formula is C10H9ClO3. The summed E-state index contributed by atoms with van der Waals surface area (Å²) in [5.74, 6) is 1.17. The Balaban J connectivity index is 2.45. The quantitative estimate of drug-likeness (QED) is 0.671. The van der Waals surface area contributed by atoms with Crippen LogP contribution in [0.2, 0.25) is 5.02 Å². The molecule has 14 heavy (non-hydrogen) atoms. The number of benzene rings is 1. The first-order chi connectivity index (χ1) is 6.70. The molecule has 0 N–H and O–H groups in total. The van der Waals surface area contributed by atoms with Gasteiger partial charge in [-0.05, 0) is 13.0 Å². The van der Waals surface area contributed by atoms with Gasteiger partial charge in [0.1, 0.15) is 12.7 Å². The maximum atomic E-state index is 10.6. The third kappa shape index (κ3) is 1.55. The van der Waals surface area contributed by atoms with Crippen molar-refractivity contribution in [2.45, 2.75) is 13.0 Å². The van der Waals surface area contributed by atoms with Gasteiger partial charge in [-0.3, -0.25) is 4.79 Å². The van der Waals surface area contributed by atoms with Gasteiger partial charge in [0.25, 0.3) is 0 Å². The number of halogens is 1. The number of fused-ring (bicyclic) bond motifs is 1. The zero-order valence-corrected chi connectivity index (χ0v) is 8.38. The molecule has 0 radical (unpaired) electrons. The summed E-state index contributed by atoms with van der Waals surface area (Å²) in [5, 5.41) is 0.386. The Morgan fingerprint density at radius 1 is 1.50 bits per heavy atom. The van der Waals surface area contributed by atoms with Crippen LogP contribution in [0, 0.1) is 0 Å². The van der Waals surface area contributed by atoms with Crippen molar-refractivity contribution in [1.29, 1.82) is 0 Å². The minimum absolute atomic E-state index is 0.0145. The number of hydrogen-bond donors (Lipinski definition) is 0. The molecule has 2 rings (SSSR count). The van der Waals surface area contributed by atoms with E-state index in [1.54, 1.807) is 12.1 Å². The summed E-state index contributed by atoms with van der Waals surface area (Å²) in [4.78, 5) is 10.6. The van der Waals surface area contributed by atoms with E-state index < -0.39 is 0 Å². The number of ether oxygens (including phenoxy) is 2. The van der Waals surface area contributed by atoms with Crippen LogP contribution in [-0.2, 0) is 0 Å². The maximum absolute atomic E-state index is 10.6. The Hall–Kier alpha value is -1.22. The van der Waals surface area contributed by atoms with Crippen LogP contribution in [0.1, 0.15) is 17.3 Å². The van der Waals surface area contributed by atoms with E-state index in [0.717, 1.165) is 0 Å². The van der Waals surface area contributed by atoms with Crippen LogP contribution in [0.25, 0.3) is 0 Å². The molecule has 1 aliphatic rings. The molecule has 3 nitrogen and oxygen atoms in total. The Bertz CT molecular complexity index is 376. The van der Waals surface area contributed by atoms with Crippen molar-refractivity contribution in [3.8, 4) is 11.5 Å². The van der Waals surface area contributed by atoms with Crippen LogP contribution >= 0.6 is 11.6 Å². The van der Waals surface area contributed by atoms with Gasteiger partial charge >= 0.3 is 0 Å². The molecule has 0 amide bonds. The highest BCUT2D eigenvalue weighted by Gasteiger charge is 2.19. The van der Waals surface area contributed by atoms with Crippen molar-refractivity contribution in [1.82, 2.24) is 0 Å². The Morgan fingerprint density at radius 3 is 3.00 bits per heavy atom. The van der Waals surface area contributed by atoms with Crippen molar-refractivity contribution in [2.24, 2.45) is 0 Å². The van der Waals surface area contributed by atoms with E-state index in [0.29, 0.717) is 35.0 Å². The first-order valence-corrected chi connectivity index (χ1v) is 4.66. The van der Waals surface area contributed by atoms with Crippen LogP contribution in [0.3, 0.4) is 0 Å². The van der Waals surface area contributed by atoms with Gasteiger partial charge in [-0.25, -0.2) is 0 Å². The molecule has 0 bridgehead atoms. The second-order valence-corrected chi connectivity index (χ2v) is 3.58. The molecule has 0 aromatic heterocycles. The monoisotopic (exact) mass is 212 g/mol. The van der Waals surface area contributed by atoms with E-state index >= 15 is 0 Å². The Morgan fingerprint density at radius 2 is 2.29 bits per heavy atom. The van der Waals surface area contributed by atoms with Gasteiger partial charge in [-0.15, -0.1) is 0 Å². The van der Waals surface area contributed by atoms with Crippen molar-refractivity contribution in [2.75, 3.05) is 6.61 Å². The van der Waals surface area contributed by atoms with E-state index in [-0.39, 0.29) is 6.10 Å². The molecular weight excluding hydrogens is 204 g/mol. The lowest BCUT2D eigenvalue weighted by atomic mass is 10.2. The molecule has 1 aromatic carbocycles. The van der Waals surface area contributed by atoms with E-state index in [4.69, 9.17) is 21.1 Å². The fourth-order valence-electron chi connectivity index (χ4n) is 1.30. The number of carbonyl (C=O) groups excluding carboxylic acids is 1. The summed E-state index contributed by atoms with van der Waals surface area (Å²) in [7, 11) is 0. The molecule has 0 saturated carbocycles. The largest absolute Gasteiger partial charge is 0.486 e. The number of hydrogen-bond acceptors (Lipinski definition) is 3. The van der Waals surface area contributed by atoms with Gasteiger partial charge in [0.15, 0.2) is 17.8 Å². The lowest BCUT2D eigenvalue weighted by Gasteiger charge is -2.24. The topological polar surface area (TPSA) is 35.5 Å². The van der Waals surface area contributed by atoms with Crippen molar-refractivity contribution < 1.29 is 14.3 Å². The third-order valence-corrected chi connectivity index (χ3v) is 2.32. The fraction of sp³-hybridized carbons (Fsp3) is 0.300. The summed E-state index contributed by atoms with van der Waals surface area (Å²) in [5.41, 5.74) is 0.420. The zero-order chi connectivity index (χ0) is 10.1. The molecule has 0 fully saturated rings. The van der Waals surface area contributed by atoms with Crippen molar-refractivity contribution in [3.05, 3.63) is 22.7 Å². The smallest absolute Gasteiger partial charge is 0.163 e. The molecule has 1 unspecified atom stereocenters. The van der Waals surface area contributed by atoms with Crippen LogP contribution in [0.5, 0.6) is 11.5 Å². The van der Waals surface area contributed by atoms with Gasteiger partial charge < -0.3 is 9.47 Å². The first-order valence-electron chi connectivity index (χ1n) is 4.29. The van der Waals surface area contributed by atoms with Crippen LogP contribution in [-0.4, -0.2) is 19.0 Å². The van der Waals surface area contributed by atoms with Gasteiger partial charge in [0, 0.05) is 11.6 Å². The molecule has 4 heteroatoms. The van der Waals surface area contributed by atoms with Crippen molar-refractivity contribution in [3.63, 3.8) is 0 Å². The fourth-order valence-corrected chi connectivity index (χ4v) is 1.50. The van der Waals surface area contributed by atoms with Crippen LogP contribution < -0.4 is 9.47 Å². The van der Waals surface area contributed by atoms with E-state index in [1.807, 2.05) is 6.92 Å². The molecule has 0 aliphatic carbocycles. The highest BCUT2D eigenvalue weighted by Crippen LogP contribution is 2.35. The molecule has 0 spiro atoms.